The number of hydrogen-bond donors (Lipinski definition) is 2. The minimum absolute atomic E-state index is 0.0630. The second-order valence-corrected chi connectivity index (χ2v) is 11.0. The quantitative estimate of drug-likeness (QED) is 0.0733. The summed E-state index contributed by atoms with van der Waals surface area (Å²) in [5.41, 5.74) is 9.45. The van der Waals surface area contributed by atoms with Gasteiger partial charge in [-0.3, -0.25) is 9.79 Å². The van der Waals surface area contributed by atoms with Crippen LogP contribution in [-0.4, -0.2) is 49.6 Å². The lowest BCUT2D eigenvalue weighted by Crippen LogP contribution is -2.48. The molecule has 1 aliphatic heterocycles. The van der Waals surface area contributed by atoms with E-state index in [-0.39, 0.29) is 30.1 Å². The molecule has 0 saturated heterocycles. The highest BCUT2D eigenvalue weighted by Crippen LogP contribution is 2.32. The number of fused-ring (bicyclic) bond motifs is 1. The minimum atomic E-state index is -4.65. The molecule has 0 aromatic heterocycles. The summed E-state index contributed by atoms with van der Waals surface area (Å²) in [5, 5.41) is 2.88. The van der Waals surface area contributed by atoms with Gasteiger partial charge in [-0.2, -0.15) is 13.2 Å². The summed E-state index contributed by atoms with van der Waals surface area (Å²) in [6.07, 6.45) is 7.29. The first-order valence-corrected chi connectivity index (χ1v) is 16.2. The molecule has 0 radical (unpaired) electrons. The van der Waals surface area contributed by atoms with Crippen molar-refractivity contribution in [3.05, 3.63) is 76.9 Å². The molecule has 6 nitrogen and oxygen atoms in total. The van der Waals surface area contributed by atoms with Crippen LogP contribution >= 0.6 is 0 Å². The number of rotatable bonds is 13. The molecule has 260 valence electrons. The molecular weight excluding hydrogens is 596 g/mol. The fraction of sp³-hybridized carbons (Fsp3) is 0.556. The third-order valence-corrected chi connectivity index (χ3v) is 6.23. The number of carbonyl (C=O) groups excluding carboxylic acids is 1. The number of halogens is 4. The number of carbonyl (C=O) groups is 1. The summed E-state index contributed by atoms with van der Waals surface area (Å²) in [6.45, 7) is 17.6. The molecule has 1 aromatic carbocycles. The summed E-state index contributed by atoms with van der Waals surface area (Å²) >= 11 is 0. The largest absolute Gasteiger partial charge is 0.406 e. The first-order chi connectivity index (χ1) is 21.7. The summed E-state index contributed by atoms with van der Waals surface area (Å²) in [7, 11) is 0. The lowest BCUT2D eigenvalue weighted by molar-refractivity contribution is -0.133. The van der Waals surface area contributed by atoms with Crippen molar-refractivity contribution in [2.45, 2.75) is 113 Å². The molecule has 1 aliphatic rings. The van der Waals surface area contributed by atoms with Gasteiger partial charge in [0.05, 0.1) is 24.6 Å². The second-order valence-electron chi connectivity index (χ2n) is 11.0. The van der Waals surface area contributed by atoms with E-state index >= 15 is 0 Å². The third-order valence-electron chi connectivity index (χ3n) is 6.23. The van der Waals surface area contributed by atoms with Crippen LogP contribution in [0.5, 0.6) is 0 Å². The van der Waals surface area contributed by atoms with E-state index in [1.807, 2.05) is 60.6 Å². The molecule has 1 amide bonds. The predicted molar refractivity (Wildman–Crippen MR) is 185 cm³/mol. The summed E-state index contributed by atoms with van der Waals surface area (Å²) in [5.74, 6) is -1.44. The number of alkyl halides is 3. The standard InChI is InChI=1S/C31H42F4N4O2.C3H8.C2H6/c1-6-9-24(10-8-17-41-19-22(4)13-14-23(5)38-21(2)3)27(36)18-37-28-16-15-25-26(32)11-7-12-29(25)39(30(28)40)20-31(33,34)35;1-3-2;1-2/h7-13,18,21,28,37H,6,14-17,19-20,36H2,1-5H3;3H2,1-2H3;1-2H3/b10-8-,22-13+,24-9+,27-18-,38-23?;;. The topological polar surface area (TPSA) is 80.0 Å². The van der Waals surface area contributed by atoms with E-state index in [0.29, 0.717) is 35.8 Å². The molecule has 0 fully saturated rings. The van der Waals surface area contributed by atoms with E-state index in [4.69, 9.17) is 10.5 Å². The first kappa shape index (κ1) is 42.6. The van der Waals surface area contributed by atoms with Gasteiger partial charge in [0, 0.05) is 29.9 Å². The van der Waals surface area contributed by atoms with Crippen LogP contribution in [0.1, 0.15) is 93.6 Å². The van der Waals surface area contributed by atoms with E-state index in [0.717, 1.165) is 17.7 Å². The zero-order valence-corrected chi connectivity index (χ0v) is 29.2. The highest BCUT2D eigenvalue weighted by atomic mass is 19.4. The van der Waals surface area contributed by atoms with Crippen LogP contribution < -0.4 is 16.0 Å². The molecule has 1 unspecified atom stereocenters. The van der Waals surface area contributed by atoms with Crippen molar-refractivity contribution in [2.75, 3.05) is 24.7 Å². The van der Waals surface area contributed by atoms with Gasteiger partial charge >= 0.3 is 6.18 Å². The SMILES string of the molecule is CC.CC/C=C(\C=C/COC/C(C)=C/CC(C)=NC(C)C)C(/N)=C/NC1CCc2c(F)cccc2N(CC(F)(F)F)C1=O.CCC. The fourth-order valence-corrected chi connectivity index (χ4v) is 4.38. The van der Waals surface area contributed by atoms with Crippen LogP contribution in [0.2, 0.25) is 0 Å². The maximum atomic E-state index is 14.4. The molecule has 2 rings (SSSR count). The number of aliphatic imine (C=N–C) groups is 1. The highest BCUT2D eigenvalue weighted by Gasteiger charge is 2.39. The van der Waals surface area contributed by atoms with Gasteiger partial charge in [0.2, 0.25) is 5.91 Å². The number of nitrogens with zero attached hydrogens (tertiary/aromatic N) is 2. The smallest absolute Gasteiger partial charge is 0.397 e. The van der Waals surface area contributed by atoms with Gasteiger partial charge in [0.15, 0.2) is 0 Å². The Labute approximate surface area is 274 Å². The van der Waals surface area contributed by atoms with Crippen molar-refractivity contribution in [2.24, 2.45) is 10.7 Å². The molecule has 1 heterocycles. The average Bonchev–Trinajstić information content (AvgIpc) is 3.11. The molecule has 1 aromatic rings. The molecule has 1 atom stereocenters. The number of ether oxygens (including phenoxy) is 1. The lowest BCUT2D eigenvalue weighted by atomic mass is 10.1. The summed E-state index contributed by atoms with van der Waals surface area (Å²) < 4.78 is 60.1. The van der Waals surface area contributed by atoms with E-state index in [1.165, 1.54) is 30.8 Å². The Kier molecular flexibility index (Phi) is 21.3. The number of benzene rings is 1. The van der Waals surface area contributed by atoms with Gasteiger partial charge in [-0.15, -0.1) is 0 Å². The van der Waals surface area contributed by atoms with Gasteiger partial charge in [0.1, 0.15) is 18.4 Å². The van der Waals surface area contributed by atoms with Crippen molar-refractivity contribution in [3.8, 4) is 0 Å². The van der Waals surface area contributed by atoms with Crippen molar-refractivity contribution in [1.82, 2.24) is 5.32 Å². The van der Waals surface area contributed by atoms with Crippen LogP contribution in [-0.2, 0) is 16.0 Å². The van der Waals surface area contributed by atoms with Crippen LogP contribution in [0.25, 0.3) is 0 Å². The van der Waals surface area contributed by atoms with Crippen molar-refractivity contribution < 1.29 is 27.1 Å². The van der Waals surface area contributed by atoms with Gasteiger partial charge in [-0.05, 0) is 64.7 Å². The molecule has 0 bridgehead atoms. The monoisotopic (exact) mass is 652 g/mol. The van der Waals surface area contributed by atoms with E-state index in [2.05, 4.69) is 30.2 Å². The number of allylic oxidation sites excluding steroid dienone is 3. The van der Waals surface area contributed by atoms with Crippen LogP contribution in [0.15, 0.2) is 70.5 Å². The van der Waals surface area contributed by atoms with E-state index < -0.39 is 30.5 Å². The Balaban J connectivity index is 0.00000381. The first-order valence-electron chi connectivity index (χ1n) is 16.2. The van der Waals surface area contributed by atoms with Gasteiger partial charge in [-0.25, -0.2) is 4.39 Å². The van der Waals surface area contributed by atoms with Crippen LogP contribution in [0.3, 0.4) is 0 Å². The Morgan fingerprint density at radius 2 is 1.83 bits per heavy atom. The molecule has 0 saturated carbocycles. The zero-order valence-electron chi connectivity index (χ0n) is 29.2. The molecule has 0 spiro atoms. The van der Waals surface area contributed by atoms with Crippen molar-refractivity contribution >= 4 is 17.3 Å². The number of nitrogens with one attached hydrogen (secondary N) is 1. The van der Waals surface area contributed by atoms with Crippen LogP contribution in [0, 0.1) is 5.82 Å². The van der Waals surface area contributed by atoms with Crippen LogP contribution in [0.4, 0.5) is 23.2 Å². The predicted octanol–water partition coefficient (Wildman–Crippen LogP) is 8.98. The normalized spacial score (nSPS) is 16.4. The minimum Gasteiger partial charge on any atom is -0.397 e. The second kappa shape index (κ2) is 23.0. The van der Waals surface area contributed by atoms with Gasteiger partial charge in [0.25, 0.3) is 0 Å². The molecule has 10 heteroatoms. The molecule has 0 aliphatic carbocycles. The average molecular weight is 653 g/mol. The lowest BCUT2D eigenvalue weighted by Gasteiger charge is -2.27. The molecular formula is C36H56F4N4O2. The molecule has 46 heavy (non-hydrogen) atoms. The van der Waals surface area contributed by atoms with Gasteiger partial charge in [-0.1, -0.05) is 77.0 Å². The summed E-state index contributed by atoms with van der Waals surface area (Å²) in [4.78, 5) is 18.3. The Hall–Kier alpha value is -3.40. The van der Waals surface area contributed by atoms with E-state index in [1.54, 1.807) is 6.08 Å². The van der Waals surface area contributed by atoms with Crippen molar-refractivity contribution in [1.29, 1.82) is 0 Å². The van der Waals surface area contributed by atoms with Gasteiger partial charge < -0.3 is 20.7 Å². The highest BCUT2D eigenvalue weighted by molar-refractivity contribution is 5.98. The zero-order chi connectivity index (χ0) is 35.3. The maximum Gasteiger partial charge on any atom is 0.406 e. The number of amides is 1. The third kappa shape index (κ3) is 16.8. The molecule has 3 N–H and O–H groups in total. The van der Waals surface area contributed by atoms with E-state index in [9.17, 15) is 22.4 Å². The number of hydrogen-bond acceptors (Lipinski definition) is 5. The fourth-order valence-electron chi connectivity index (χ4n) is 4.38. The Morgan fingerprint density at radius 3 is 2.41 bits per heavy atom. The number of nitrogens with two attached hydrogens (primary N) is 1. The summed E-state index contributed by atoms with van der Waals surface area (Å²) in [6, 6.07) is 3.08. The maximum absolute atomic E-state index is 14.4. The van der Waals surface area contributed by atoms with Crippen molar-refractivity contribution in [3.63, 3.8) is 0 Å². The Morgan fingerprint density at radius 1 is 1.17 bits per heavy atom. The Bertz CT molecular complexity index is 1200. The number of anilines is 1.